The predicted molar refractivity (Wildman–Crippen MR) is 122 cm³/mol. The molecule has 6 nitrogen and oxygen atoms in total. The summed E-state index contributed by atoms with van der Waals surface area (Å²) >= 11 is 6.17. The largest absolute Gasteiger partial charge is 0.370 e. The molecule has 3 rings (SSSR count). The highest BCUT2D eigenvalue weighted by atomic mass is 35.5. The Labute approximate surface area is 183 Å². The van der Waals surface area contributed by atoms with Gasteiger partial charge in [0.15, 0.2) is 0 Å². The number of nitrogens with zero attached hydrogens (tertiary/aromatic N) is 2. The van der Waals surface area contributed by atoms with Crippen molar-refractivity contribution < 1.29 is 13.2 Å². The molecule has 1 N–H and O–H groups in total. The van der Waals surface area contributed by atoms with Crippen LogP contribution in [0, 0.1) is 0 Å². The number of piperidine rings is 1. The molecule has 0 atom stereocenters. The molecule has 2 aromatic rings. The molecule has 1 heterocycles. The average molecular weight is 450 g/mol. The van der Waals surface area contributed by atoms with Gasteiger partial charge in [-0.1, -0.05) is 30.2 Å². The Morgan fingerprint density at radius 3 is 2.37 bits per heavy atom. The van der Waals surface area contributed by atoms with Crippen LogP contribution in [0.4, 0.5) is 11.4 Å². The highest BCUT2D eigenvalue weighted by Crippen LogP contribution is 2.32. The molecule has 8 heteroatoms. The number of hydrogen-bond acceptors (Lipinski definition) is 4. The molecule has 0 spiro atoms. The van der Waals surface area contributed by atoms with Crippen molar-refractivity contribution in [3.8, 4) is 0 Å². The molecule has 0 radical (unpaired) electrons. The fraction of sp³-hybridized carbons (Fsp3) is 0.409. The van der Waals surface area contributed by atoms with Gasteiger partial charge in [0.2, 0.25) is 10.0 Å². The van der Waals surface area contributed by atoms with Crippen LogP contribution in [-0.2, 0) is 10.0 Å². The van der Waals surface area contributed by atoms with Gasteiger partial charge in [-0.2, -0.15) is 4.31 Å². The standard InChI is InChI=1S/C22H28ClN3O3S/c1-3-25(4-2)21-13-12-17(30(28,29)26-14-8-5-9-15-26)16-20(21)24-22(27)18-10-6-7-11-19(18)23/h6-7,10-13,16H,3-5,8-9,14-15H2,1-2H3,(H,24,27). The third-order valence-corrected chi connectivity index (χ3v) is 7.62. The first-order valence-electron chi connectivity index (χ1n) is 10.3. The van der Waals surface area contributed by atoms with Gasteiger partial charge >= 0.3 is 0 Å². The summed E-state index contributed by atoms with van der Waals surface area (Å²) in [5, 5.41) is 3.23. The van der Waals surface area contributed by atoms with Crippen LogP contribution in [-0.4, -0.2) is 44.8 Å². The molecule has 2 aromatic carbocycles. The molecule has 0 saturated carbocycles. The van der Waals surface area contributed by atoms with Crippen molar-refractivity contribution in [3.63, 3.8) is 0 Å². The molecule has 1 fully saturated rings. The van der Waals surface area contributed by atoms with Crippen LogP contribution in [0.25, 0.3) is 0 Å². The SMILES string of the molecule is CCN(CC)c1ccc(S(=O)(=O)N2CCCCC2)cc1NC(=O)c1ccccc1Cl. The third kappa shape index (κ3) is 4.79. The van der Waals surface area contributed by atoms with Gasteiger partial charge in [0.1, 0.15) is 0 Å². The van der Waals surface area contributed by atoms with Gasteiger partial charge in [-0.05, 0) is 57.0 Å². The van der Waals surface area contributed by atoms with E-state index in [1.807, 2.05) is 13.8 Å². The van der Waals surface area contributed by atoms with Crippen molar-refractivity contribution in [3.05, 3.63) is 53.1 Å². The minimum atomic E-state index is -3.61. The fourth-order valence-electron chi connectivity index (χ4n) is 3.71. The molecule has 0 aromatic heterocycles. The molecule has 162 valence electrons. The van der Waals surface area contributed by atoms with E-state index in [2.05, 4.69) is 10.2 Å². The van der Waals surface area contributed by atoms with E-state index in [-0.39, 0.29) is 10.8 Å². The van der Waals surface area contributed by atoms with Crippen LogP contribution < -0.4 is 10.2 Å². The minimum Gasteiger partial charge on any atom is -0.370 e. The van der Waals surface area contributed by atoms with Crippen LogP contribution >= 0.6 is 11.6 Å². The molecule has 0 aliphatic carbocycles. The number of hydrogen-bond donors (Lipinski definition) is 1. The Hall–Kier alpha value is -2.09. The van der Waals surface area contributed by atoms with Crippen molar-refractivity contribution in [1.82, 2.24) is 4.31 Å². The molecular formula is C22H28ClN3O3S. The van der Waals surface area contributed by atoms with Crippen molar-refractivity contribution >= 4 is 38.9 Å². The Balaban J connectivity index is 2.00. The smallest absolute Gasteiger partial charge is 0.257 e. The first kappa shape index (κ1) is 22.6. The van der Waals surface area contributed by atoms with E-state index in [1.54, 1.807) is 42.5 Å². The van der Waals surface area contributed by atoms with E-state index in [0.29, 0.717) is 29.4 Å². The highest BCUT2D eigenvalue weighted by Gasteiger charge is 2.27. The molecule has 0 bridgehead atoms. The number of benzene rings is 2. The third-order valence-electron chi connectivity index (χ3n) is 5.39. The zero-order valence-electron chi connectivity index (χ0n) is 17.4. The molecule has 1 amide bonds. The number of carbonyl (C=O) groups excluding carboxylic acids is 1. The van der Waals surface area contributed by atoms with Gasteiger partial charge in [-0.15, -0.1) is 0 Å². The number of nitrogens with one attached hydrogen (secondary N) is 1. The van der Waals surface area contributed by atoms with E-state index in [1.165, 1.54) is 4.31 Å². The summed E-state index contributed by atoms with van der Waals surface area (Å²) in [6.07, 6.45) is 2.78. The summed E-state index contributed by atoms with van der Waals surface area (Å²) in [4.78, 5) is 15.1. The van der Waals surface area contributed by atoms with Crippen LogP contribution in [0.1, 0.15) is 43.5 Å². The lowest BCUT2D eigenvalue weighted by molar-refractivity contribution is 0.102. The highest BCUT2D eigenvalue weighted by molar-refractivity contribution is 7.89. The van der Waals surface area contributed by atoms with Crippen LogP contribution in [0.3, 0.4) is 0 Å². The Bertz CT molecular complexity index is 1000. The van der Waals surface area contributed by atoms with Crippen LogP contribution in [0.5, 0.6) is 0 Å². The second kappa shape index (κ2) is 9.81. The number of rotatable bonds is 7. The number of sulfonamides is 1. The number of anilines is 2. The monoisotopic (exact) mass is 449 g/mol. The Kier molecular flexibility index (Phi) is 7.39. The topological polar surface area (TPSA) is 69.7 Å². The van der Waals surface area contributed by atoms with Crippen molar-refractivity contribution in [1.29, 1.82) is 0 Å². The van der Waals surface area contributed by atoms with Gasteiger partial charge in [-0.3, -0.25) is 4.79 Å². The molecule has 1 aliphatic heterocycles. The summed E-state index contributed by atoms with van der Waals surface area (Å²) in [6.45, 7) is 6.54. The maximum absolute atomic E-state index is 13.1. The van der Waals surface area contributed by atoms with Crippen molar-refractivity contribution in [2.45, 2.75) is 38.0 Å². The molecule has 1 saturated heterocycles. The quantitative estimate of drug-likeness (QED) is 0.669. The van der Waals surface area contributed by atoms with Crippen molar-refractivity contribution in [2.24, 2.45) is 0 Å². The van der Waals surface area contributed by atoms with E-state index < -0.39 is 10.0 Å². The average Bonchev–Trinajstić information content (AvgIpc) is 2.76. The second-order valence-corrected chi connectivity index (χ2v) is 9.60. The van der Waals surface area contributed by atoms with Gasteiger partial charge in [0.25, 0.3) is 5.91 Å². The van der Waals surface area contributed by atoms with Crippen LogP contribution in [0.15, 0.2) is 47.4 Å². The molecular weight excluding hydrogens is 422 g/mol. The summed E-state index contributed by atoms with van der Waals surface area (Å²) < 4.78 is 27.8. The normalized spacial score (nSPS) is 15.0. The molecule has 0 unspecified atom stereocenters. The minimum absolute atomic E-state index is 0.190. The predicted octanol–water partition coefficient (Wildman–Crippen LogP) is 4.61. The lowest BCUT2D eigenvalue weighted by atomic mass is 10.2. The maximum Gasteiger partial charge on any atom is 0.257 e. The van der Waals surface area contributed by atoms with Gasteiger partial charge < -0.3 is 10.2 Å². The molecule has 30 heavy (non-hydrogen) atoms. The zero-order chi connectivity index (χ0) is 21.7. The van der Waals surface area contributed by atoms with Gasteiger partial charge in [0.05, 0.1) is 26.9 Å². The zero-order valence-corrected chi connectivity index (χ0v) is 19.0. The summed E-state index contributed by atoms with van der Waals surface area (Å²) in [7, 11) is -3.61. The number of carbonyl (C=O) groups is 1. The lowest BCUT2D eigenvalue weighted by Crippen LogP contribution is -2.35. The first-order valence-corrected chi connectivity index (χ1v) is 12.1. The van der Waals surface area contributed by atoms with E-state index >= 15 is 0 Å². The van der Waals surface area contributed by atoms with Crippen LogP contribution in [0.2, 0.25) is 5.02 Å². The van der Waals surface area contributed by atoms with Gasteiger partial charge in [0, 0.05) is 26.2 Å². The van der Waals surface area contributed by atoms with E-state index in [0.717, 1.165) is 38.0 Å². The lowest BCUT2D eigenvalue weighted by Gasteiger charge is -2.28. The number of halogens is 1. The summed E-state index contributed by atoms with van der Waals surface area (Å²) in [6, 6.07) is 11.7. The Morgan fingerprint density at radius 1 is 1.07 bits per heavy atom. The Morgan fingerprint density at radius 2 is 1.73 bits per heavy atom. The van der Waals surface area contributed by atoms with Gasteiger partial charge in [-0.25, -0.2) is 8.42 Å². The van der Waals surface area contributed by atoms with E-state index in [9.17, 15) is 13.2 Å². The maximum atomic E-state index is 13.1. The first-order chi connectivity index (χ1) is 14.4. The van der Waals surface area contributed by atoms with E-state index in [4.69, 9.17) is 11.6 Å². The second-order valence-electron chi connectivity index (χ2n) is 7.25. The molecule has 1 aliphatic rings. The summed E-state index contributed by atoms with van der Waals surface area (Å²) in [5.74, 6) is -0.374. The summed E-state index contributed by atoms with van der Waals surface area (Å²) in [5.41, 5.74) is 1.58. The fourth-order valence-corrected chi connectivity index (χ4v) is 5.47. The number of amides is 1. The van der Waals surface area contributed by atoms with Crippen molar-refractivity contribution in [2.75, 3.05) is 36.4 Å².